The van der Waals surface area contributed by atoms with E-state index in [0.717, 1.165) is 45.7 Å². The molecule has 0 spiro atoms. The van der Waals surface area contributed by atoms with E-state index < -0.39 is 0 Å². The fraction of sp³-hybridized carbons (Fsp3) is 0.480. The van der Waals surface area contributed by atoms with Crippen molar-refractivity contribution in [1.82, 2.24) is 25.1 Å². The van der Waals surface area contributed by atoms with Crippen LogP contribution in [0, 0.1) is 6.92 Å². The van der Waals surface area contributed by atoms with Gasteiger partial charge in [0.2, 0.25) is 0 Å². The number of pyridine rings is 1. The highest BCUT2D eigenvalue weighted by atomic mass is 32.1. The van der Waals surface area contributed by atoms with Crippen LogP contribution in [0.3, 0.4) is 0 Å². The maximum absolute atomic E-state index is 4.94. The van der Waals surface area contributed by atoms with Crippen molar-refractivity contribution >= 4 is 37.6 Å². The minimum atomic E-state index is 0.106. The summed E-state index contributed by atoms with van der Waals surface area (Å²) in [6.07, 6.45) is 6.16. The quantitative estimate of drug-likeness (QED) is 0.461. The highest BCUT2D eigenvalue weighted by Gasteiger charge is 2.39. The lowest BCUT2D eigenvalue weighted by atomic mass is 9.79. The van der Waals surface area contributed by atoms with Gasteiger partial charge in [0.1, 0.15) is 5.52 Å². The van der Waals surface area contributed by atoms with E-state index in [0.29, 0.717) is 6.04 Å². The van der Waals surface area contributed by atoms with Gasteiger partial charge < -0.3 is 10.2 Å². The molecule has 5 rings (SSSR count). The molecule has 6 nitrogen and oxygen atoms in total. The van der Waals surface area contributed by atoms with Gasteiger partial charge in [0, 0.05) is 48.4 Å². The van der Waals surface area contributed by atoms with Gasteiger partial charge in [-0.05, 0) is 71.2 Å². The predicted octanol–water partition coefficient (Wildman–Crippen LogP) is 5.30. The maximum atomic E-state index is 4.94. The molecule has 1 aliphatic heterocycles. The fourth-order valence-electron chi connectivity index (χ4n) is 5.40. The van der Waals surface area contributed by atoms with E-state index in [1.807, 2.05) is 17.9 Å². The lowest BCUT2D eigenvalue weighted by Gasteiger charge is -2.48. The summed E-state index contributed by atoms with van der Waals surface area (Å²) in [5, 5.41) is 10.6. The normalized spacial score (nSPS) is 18.5. The Kier molecular flexibility index (Phi) is 4.84. The number of rotatable bonds is 3. The molecular weight excluding hydrogens is 416 g/mol. The number of hydrogen-bond donors (Lipinski definition) is 1. The van der Waals surface area contributed by atoms with Gasteiger partial charge in [0.25, 0.3) is 0 Å². The van der Waals surface area contributed by atoms with E-state index in [1.54, 1.807) is 11.3 Å². The Balaban J connectivity index is 1.48. The van der Waals surface area contributed by atoms with Crippen molar-refractivity contribution in [3.63, 3.8) is 0 Å². The zero-order valence-electron chi connectivity index (χ0n) is 20.0. The molecule has 0 radical (unpaired) electrons. The molecule has 4 heterocycles. The molecule has 0 amide bonds. The molecular formula is C25H32N6S. The Bertz CT molecular complexity index is 1300. The lowest BCUT2D eigenvalue weighted by Crippen LogP contribution is -2.61. The largest absolute Gasteiger partial charge is 0.348 e. The number of thiazole rings is 1. The number of aromatic nitrogens is 4. The van der Waals surface area contributed by atoms with Crippen molar-refractivity contribution in [3.8, 4) is 11.3 Å². The summed E-state index contributed by atoms with van der Waals surface area (Å²) in [6, 6.07) is 6.98. The third-order valence-corrected chi connectivity index (χ3v) is 7.60. The summed E-state index contributed by atoms with van der Waals surface area (Å²) in [4.78, 5) is 12.1. The van der Waals surface area contributed by atoms with Crippen molar-refractivity contribution in [2.45, 2.75) is 64.6 Å². The minimum Gasteiger partial charge on any atom is -0.348 e. The first-order valence-electron chi connectivity index (χ1n) is 11.2. The molecule has 32 heavy (non-hydrogen) atoms. The van der Waals surface area contributed by atoms with Crippen molar-refractivity contribution < 1.29 is 0 Å². The molecule has 1 aliphatic rings. The van der Waals surface area contributed by atoms with E-state index in [1.165, 1.54) is 10.3 Å². The number of piperidine rings is 1. The van der Waals surface area contributed by atoms with Gasteiger partial charge >= 0.3 is 0 Å². The molecule has 0 aliphatic carbocycles. The van der Waals surface area contributed by atoms with Crippen LogP contribution in [-0.2, 0) is 7.05 Å². The lowest BCUT2D eigenvalue weighted by molar-refractivity contribution is 0.161. The fourth-order valence-corrected chi connectivity index (χ4v) is 6.41. The van der Waals surface area contributed by atoms with Gasteiger partial charge in [-0.25, -0.2) is 4.98 Å². The molecule has 1 N–H and O–H groups in total. The Morgan fingerprint density at radius 2 is 1.84 bits per heavy atom. The summed E-state index contributed by atoms with van der Waals surface area (Å²) in [7, 11) is 4.15. The number of hydrogen-bond acceptors (Lipinski definition) is 6. The Hall–Kier alpha value is -2.51. The molecule has 4 aromatic rings. The second-order valence-corrected chi connectivity index (χ2v) is 11.6. The number of fused-ring (bicyclic) bond motifs is 2. The highest BCUT2D eigenvalue weighted by Crippen LogP contribution is 2.37. The van der Waals surface area contributed by atoms with Crippen LogP contribution in [0.25, 0.3) is 32.4 Å². The summed E-state index contributed by atoms with van der Waals surface area (Å²) in [5.41, 5.74) is 5.49. The number of anilines is 1. The summed E-state index contributed by atoms with van der Waals surface area (Å²) in [6.45, 7) is 11.3. The predicted molar refractivity (Wildman–Crippen MR) is 135 cm³/mol. The molecule has 0 bridgehead atoms. The first kappa shape index (κ1) is 21.3. The standard InChI is InChI=1S/C25H32N6S/c1-15-8-16(9-17-14-30(6)28-22(15)17)19-10-21-20(13-26-19)27-23(32-21)31(7)18-11-24(2,3)29-25(4,5)12-18/h8-10,13-14,18,29H,11-12H2,1-7H3. The van der Waals surface area contributed by atoms with Crippen molar-refractivity contribution in [1.29, 1.82) is 0 Å². The van der Waals surface area contributed by atoms with Gasteiger partial charge in [-0.3, -0.25) is 9.67 Å². The Morgan fingerprint density at radius 1 is 1.12 bits per heavy atom. The Morgan fingerprint density at radius 3 is 2.56 bits per heavy atom. The average molecular weight is 449 g/mol. The number of nitrogens with zero attached hydrogens (tertiary/aromatic N) is 5. The summed E-state index contributed by atoms with van der Waals surface area (Å²) < 4.78 is 3.04. The molecule has 1 saturated heterocycles. The molecule has 7 heteroatoms. The molecule has 0 unspecified atom stereocenters. The Labute approximate surface area is 193 Å². The molecule has 1 fully saturated rings. The number of nitrogens with one attached hydrogen (secondary N) is 1. The van der Waals surface area contributed by atoms with Crippen molar-refractivity contribution in [3.05, 3.63) is 36.2 Å². The molecule has 0 saturated carbocycles. The van der Waals surface area contributed by atoms with Crippen LogP contribution in [-0.4, -0.2) is 43.9 Å². The van der Waals surface area contributed by atoms with Crippen molar-refractivity contribution in [2.75, 3.05) is 11.9 Å². The summed E-state index contributed by atoms with van der Waals surface area (Å²) in [5.74, 6) is 0. The zero-order valence-corrected chi connectivity index (χ0v) is 20.8. The van der Waals surface area contributed by atoms with Crippen LogP contribution in [0.1, 0.15) is 46.1 Å². The minimum absolute atomic E-state index is 0.106. The monoisotopic (exact) mass is 448 g/mol. The average Bonchev–Trinajstić information content (AvgIpc) is 3.27. The molecule has 1 aromatic carbocycles. The first-order valence-corrected chi connectivity index (χ1v) is 12.0. The molecule has 168 valence electrons. The van der Waals surface area contributed by atoms with E-state index in [-0.39, 0.29) is 11.1 Å². The third-order valence-electron chi connectivity index (χ3n) is 6.49. The zero-order chi connectivity index (χ0) is 22.8. The van der Waals surface area contributed by atoms with E-state index in [4.69, 9.17) is 9.97 Å². The van der Waals surface area contributed by atoms with Gasteiger partial charge in [-0.2, -0.15) is 5.10 Å². The highest BCUT2D eigenvalue weighted by molar-refractivity contribution is 7.22. The second-order valence-electron chi connectivity index (χ2n) is 10.6. The second kappa shape index (κ2) is 7.25. The van der Waals surface area contributed by atoms with Crippen LogP contribution in [0.4, 0.5) is 5.13 Å². The van der Waals surface area contributed by atoms with Gasteiger partial charge in [0.15, 0.2) is 5.13 Å². The molecule has 3 aromatic heterocycles. The number of benzene rings is 1. The molecule has 0 atom stereocenters. The smallest absolute Gasteiger partial charge is 0.186 e. The topological polar surface area (TPSA) is 58.9 Å². The van der Waals surface area contributed by atoms with Crippen LogP contribution in [0.15, 0.2) is 30.6 Å². The van der Waals surface area contributed by atoms with Gasteiger partial charge in [0.05, 0.1) is 22.1 Å². The SMILES string of the molecule is Cc1cc(-c2cc3sc(N(C)C4CC(C)(C)NC(C)(C)C4)nc3cn2)cc2cn(C)nc12. The maximum Gasteiger partial charge on any atom is 0.186 e. The number of aryl methyl sites for hydroxylation is 2. The van der Waals surface area contributed by atoms with Gasteiger partial charge in [-0.15, -0.1) is 0 Å². The summed E-state index contributed by atoms with van der Waals surface area (Å²) >= 11 is 1.76. The van der Waals surface area contributed by atoms with Crippen LogP contribution < -0.4 is 10.2 Å². The van der Waals surface area contributed by atoms with Crippen molar-refractivity contribution in [2.24, 2.45) is 7.05 Å². The first-order chi connectivity index (χ1) is 15.0. The van der Waals surface area contributed by atoms with Gasteiger partial charge in [-0.1, -0.05) is 11.3 Å². The van der Waals surface area contributed by atoms with E-state index in [9.17, 15) is 0 Å². The van der Waals surface area contributed by atoms with E-state index in [2.05, 4.69) is 81.4 Å². The van der Waals surface area contributed by atoms with Crippen LogP contribution >= 0.6 is 11.3 Å². The van der Waals surface area contributed by atoms with E-state index >= 15 is 0 Å². The third kappa shape index (κ3) is 3.88. The van der Waals surface area contributed by atoms with Crippen LogP contribution in [0.5, 0.6) is 0 Å². The van der Waals surface area contributed by atoms with Crippen LogP contribution in [0.2, 0.25) is 0 Å².